The molecule has 1 rings (SSSR count). The van der Waals surface area contributed by atoms with Gasteiger partial charge in [-0.2, -0.15) is 13.2 Å². The van der Waals surface area contributed by atoms with Crippen LogP contribution in [0.2, 0.25) is 0 Å². The summed E-state index contributed by atoms with van der Waals surface area (Å²) in [7, 11) is 0. The van der Waals surface area contributed by atoms with Crippen molar-refractivity contribution in [3.63, 3.8) is 0 Å². The third kappa shape index (κ3) is 4.86. The van der Waals surface area contributed by atoms with Gasteiger partial charge in [-0.1, -0.05) is 30.3 Å². The number of hydrogen-bond acceptors (Lipinski definition) is 2. The van der Waals surface area contributed by atoms with Crippen molar-refractivity contribution in [2.24, 2.45) is 0 Å². The van der Waals surface area contributed by atoms with Crippen LogP contribution in [0.3, 0.4) is 0 Å². The Morgan fingerprint density at radius 1 is 1.35 bits per heavy atom. The predicted molar refractivity (Wildman–Crippen MR) is 55.0 cm³/mol. The minimum atomic E-state index is -4.46. The van der Waals surface area contributed by atoms with Gasteiger partial charge in [0.2, 0.25) is 0 Å². The van der Waals surface area contributed by atoms with Crippen LogP contribution in [0.1, 0.15) is 18.4 Å². The molecule has 1 unspecified atom stereocenters. The van der Waals surface area contributed by atoms with E-state index in [0.29, 0.717) is 5.56 Å². The molecule has 17 heavy (non-hydrogen) atoms. The van der Waals surface area contributed by atoms with Crippen molar-refractivity contribution in [2.45, 2.75) is 19.0 Å². The summed E-state index contributed by atoms with van der Waals surface area (Å²) in [5.41, 5.74) is 2.49. The first-order valence-corrected chi connectivity index (χ1v) is 4.93. The Balaban J connectivity index is 2.43. The first-order chi connectivity index (χ1) is 7.90. The molecule has 1 atom stereocenters. The highest BCUT2D eigenvalue weighted by atomic mass is 19.4. The maximum absolute atomic E-state index is 11.8. The van der Waals surface area contributed by atoms with E-state index in [1.54, 1.807) is 42.7 Å². The topological polar surface area (TPSA) is 38.3 Å². The molecule has 1 aromatic rings. The van der Waals surface area contributed by atoms with Crippen LogP contribution in [0.5, 0.6) is 0 Å². The Morgan fingerprint density at radius 3 is 2.47 bits per heavy atom. The number of carbonyl (C=O) groups excluding carboxylic acids is 1. The lowest BCUT2D eigenvalue weighted by Crippen LogP contribution is -2.32. The Bertz CT molecular complexity index is 365. The van der Waals surface area contributed by atoms with Crippen molar-refractivity contribution in [3.8, 4) is 0 Å². The average Bonchev–Trinajstić information content (AvgIpc) is 2.27. The highest BCUT2D eigenvalue weighted by molar-refractivity contribution is 5.82. The van der Waals surface area contributed by atoms with Gasteiger partial charge in [0.25, 0.3) is 5.91 Å². The molecule has 0 saturated heterocycles. The summed E-state index contributed by atoms with van der Waals surface area (Å²) in [6.45, 7) is 0.0852. The van der Waals surface area contributed by atoms with Gasteiger partial charge in [0.1, 0.15) is 0 Å². The van der Waals surface area contributed by atoms with Crippen LogP contribution in [-0.2, 0) is 9.63 Å². The fourth-order valence-corrected chi connectivity index (χ4v) is 1.17. The van der Waals surface area contributed by atoms with Gasteiger partial charge in [-0.25, -0.2) is 5.48 Å². The van der Waals surface area contributed by atoms with Gasteiger partial charge in [-0.3, -0.25) is 9.63 Å². The maximum atomic E-state index is 11.8. The fourth-order valence-electron chi connectivity index (χ4n) is 1.17. The summed E-state index contributed by atoms with van der Waals surface area (Å²) >= 11 is 0. The van der Waals surface area contributed by atoms with E-state index in [0.717, 1.165) is 0 Å². The highest BCUT2D eigenvalue weighted by Crippen LogP contribution is 2.16. The monoisotopic (exact) mass is 247 g/mol. The number of halogens is 3. The second-order valence-electron chi connectivity index (χ2n) is 3.50. The largest absolute Gasteiger partial charge is 0.414 e. The molecule has 0 fully saturated rings. The zero-order valence-corrected chi connectivity index (χ0v) is 9.12. The molecular weight excluding hydrogens is 235 g/mol. The lowest BCUT2D eigenvalue weighted by Gasteiger charge is -2.13. The predicted octanol–water partition coefficient (Wildman–Crippen LogP) is 2.40. The number of amides is 1. The molecule has 0 aromatic heterocycles. The molecule has 3 nitrogen and oxygen atoms in total. The van der Waals surface area contributed by atoms with Gasteiger partial charge in [-0.15, -0.1) is 0 Å². The second-order valence-corrected chi connectivity index (χ2v) is 3.50. The molecule has 0 radical (unpaired) electrons. The Kier molecular flexibility index (Phi) is 4.51. The van der Waals surface area contributed by atoms with E-state index in [9.17, 15) is 18.0 Å². The van der Waals surface area contributed by atoms with Gasteiger partial charge in [0.05, 0.1) is 5.92 Å². The number of nitrogens with one attached hydrogen (secondary N) is 1. The lowest BCUT2D eigenvalue weighted by atomic mass is 10.0. The first-order valence-electron chi connectivity index (χ1n) is 4.93. The van der Waals surface area contributed by atoms with E-state index < -0.39 is 24.6 Å². The molecule has 0 spiro atoms. The summed E-state index contributed by atoms with van der Waals surface area (Å²) in [5, 5.41) is 0. The highest BCUT2D eigenvalue weighted by Gasteiger charge is 2.28. The van der Waals surface area contributed by atoms with Gasteiger partial charge in [0, 0.05) is 0 Å². The van der Waals surface area contributed by atoms with E-state index in [2.05, 4.69) is 4.84 Å². The summed E-state index contributed by atoms with van der Waals surface area (Å²) in [4.78, 5) is 15.5. The Hall–Kier alpha value is -1.56. The normalized spacial score (nSPS) is 13.2. The minimum Gasteiger partial charge on any atom is -0.272 e. The van der Waals surface area contributed by atoms with E-state index in [1.165, 1.54) is 0 Å². The molecule has 0 bridgehead atoms. The number of hydroxylamine groups is 1. The molecule has 1 aromatic carbocycles. The van der Waals surface area contributed by atoms with Crippen LogP contribution in [0.15, 0.2) is 30.3 Å². The molecule has 0 aliphatic heterocycles. The van der Waals surface area contributed by atoms with Crippen LogP contribution in [-0.4, -0.2) is 18.7 Å². The summed E-state index contributed by atoms with van der Waals surface area (Å²) in [5.74, 6) is -1.18. The molecule has 0 saturated carbocycles. The molecule has 0 aliphatic carbocycles. The number of alkyl halides is 3. The van der Waals surface area contributed by atoms with E-state index in [1.807, 2.05) is 0 Å². The fraction of sp³-hybridized carbons (Fsp3) is 0.364. The number of rotatable bonds is 4. The third-order valence-electron chi connectivity index (χ3n) is 2.10. The quantitative estimate of drug-likeness (QED) is 0.830. The van der Waals surface area contributed by atoms with Crippen LogP contribution < -0.4 is 5.48 Å². The van der Waals surface area contributed by atoms with Crippen molar-refractivity contribution < 1.29 is 22.8 Å². The molecule has 1 N–H and O–H groups in total. The molecule has 0 heterocycles. The number of benzene rings is 1. The van der Waals surface area contributed by atoms with Gasteiger partial charge in [0.15, 0.2) is 6.61 Å². The van der Waals surface area contributed by atoms with Crippen molar-refractivity contribution in [1.82, 2.24) is 5.48 Å². The van der Waals surface area contributed by atoms with Crippen molar-refractivity contribution >= 4 is 5.91 Å². The van der Waals surface area contributed by atoms with E-state index >= 15 is 0 Å². The Morgan fingerprint density at radius 2 is 1.94 bits per heavy atom. The second kappa shape index (κ2) is 5.67. The molecule has 1 amide bonds. The first kappa shape index (κ1) is 13.5. The number of carbonyl (C=O) groups is 1. The van der Waals surface area contributed by atoms with Crippen LogP contribution in [0, 0.1) is 0 Å². The zero-order chi connectivity index (χ0) is 12.9. The lowest BCUT2D eigenvalue weighted by molar-refractivity contribution is -0.192. The maximum Gasteiger partial charge on any atom is 0.414 e. The minimum absolute atomic E-state index is 0.565. The van der Waals surface area contributed by atoms with Crippen LogP contribution in [0.4, 0.5) is 13.2 Å². The van der Waals surface area contributed by atoms with Crippen molar-refractivity contribution in [3.05, 3.63) is 35.9 Å². The van der Waals surface area contributed by atoms with E-state index in [4.69, 9.17) is 0 Å². The third-order valence-corrected chi connectivity index (χ3v) is 2.10. The molecule has 94 valence electrons. The van der Waals surface area contributed by atoms with E-state index in [-0.39, 0.29) is 0 Å². The van der Waals surface area contributed by atoms with Crippen LogP contribution in [0.25, 0.3) is 0 Å². The SMILES string of the molecule is CC(C(=O)NOCC(F)(F)F)c1ccccc1. The molecular formula is C11H12F3NO2. The van der Waals surface area contributed by atoms with Crippen molar-refractivity contribution in [2.75, 3.05) is 6.61 Å². The summed E-state index contributed by atoms with van der Waals surface area (Å²) in [6, 6.07) is 8.71. The standard InChI is InChI=1S/C11H12F3NO2/c1-8(9-5-3-2-4-6-9)10(16)15-17-7-11(12,13)14/h2-6,8H,7H2,1H3,(H,15,16). The van der Waals surface area contributed by atoms with Gasteiger partial charge >= 0.3 is 6.18 Å². The number of hydrogen-bond donors (Lipinski definition) is 1. The summed E-state index contributed by atoms with van der Waals surface area (Å²) < 4.78 is 35.3. The molecule has 0 aliphatic rings. The average molecular weight is 247 g/mol. The van der Waals surface area contributed by atoms with Crippen molar-refractivity contribution in [1.29, 1.82) is 0 Å². The smallest absolute Gasteiger partial charge is 0.272 e. The summed E-state index contributed by atoms with van der Waals surface area (Å²) in [6.07, 6.45) is -4.46. The molecule has 6 heteroatoms. The Labute approximate surface area is 96.5 Å². The zero-order valence-electron chi connectivity index (χ0n) is 9.12. The van der Waals surface area contributed by atoms with Gasteiger partial charge in [-0.05, 0) is 12.5 Å². The van der Waals surface area contributed by atoms with Crippen LogP contribution >= 0.6 is 0 Å². The van der Waals surface area contributed by atoms with Gasteiger partial charge < -0.3 is 0 Å².